The SMILES string of the molecule is C=CCn1c(Sc2ncnc3ccc(C)cc23)nnc1C1COc2ccccc2O1. The average Bonchev–Trinajstić information content (AvgIpc) is 3.16. The third-order valence-electron chi connectivity index (χ3n) is 4.80. The van der Waals surface area contributed by atoms with Gasteiger partial charge in [0.05, 0.1) is 5.52 Å². The molecule has 0 N–H and O–H groups in total. The number of allylic oxidation sites excluding steroid dienone is 1. The predicted octanol–water partition coefficient (Wildman–Crippen LogP) is 4.38. The van der Waals surface area contributed by atoms with E-state index in [9.17, 15) is 0 Å². The Morgan fingerprint density at radius 1 is 1.17 bits per heavy atom. The number of hydrogen-bond donors (Lipinski definition) is 0. The number of aryl methyl sites for hydroxylation is 1. The fraction of sp³-hybridized carbons (Fsp3) is 0.182. The number of fused-ring (bicyclic) bond motifs is 2. The molecule has 8 heteroatoms. The number of rotatable bonds is 5. The minimum atomic E-state index is -0.355. The highest BCUT2D eigenvalue weighted by molar-refractivity contribution is 7.99. The number of aromatic nitrogens is 5. The Morgan fingerprint density at radius 2 is 2.03 bits per heavy atom. The Bertz CT molecular complexity index is 1240. The lowest BCUT2D eigenvalue weighted by molar-refractivity contribution is 0.0821. The molecule has 4 aromatic rings. The van der Waals surface area contributed by atoms with Crippen molar-refractivity contribution in [3.8, 4) is 11.5 Å². The van der Waals surface area contributed by atoms with E-state index in [0.29, 0.717) is 29.9 Å². The number of benzene rings is 2. The maximum Gasteiger partial charge on any atom is 0.197 e. The molecule has 150 valence electrons. The van der Waals surface area contributed by atoms with Crippen LogP contribution in [-0.2, 0) is 6.54 Å². The van der Waals surface area contributed by atoms with Gasteiger partial charge in [-0.1, -0.05) is 29.8 Å². The van der Waals surface area contributed by atoms with E-state index < -0.39 is 0 Å². The number of ether oxygens (including phenoxy) is 2. The van der Waals surface area contributed by atoms with Gasteiger partial charge in [0.25, 0.3) is 0 Å². The minimum absolute atomic E-state index is 0.355. The second kappa shape index (κ2) is 7.79. The molecule has 1 atom stereocenters. The number of hydrogen-bond acceptors (Lipinski definition) is 7. The molecule has 0 saturated carbocycles. The summed E-state index contributed by atoms with van der Waals surface area (Å²) in [5, 5.41) is 11.4. The van der Waals surface area contributed by atoms with Crippen LogP contribution in [0.1, 0.15) is 17.5 Å². The van der Waals surface area contributed by atoms with Gasteiger partial charge in [0.1, 0.15) is 18.0 Å². The smallest absolute Gasteiger partial charge is 0.197 e. The largest absolute Gasteiger partial charge is 0.485 e. The zero-order valence-electron chi connectivity index (χ0n) is 16.4. The van der Waals surface area contributed by atoms with Gasteiger partial charge in [0, 0.05) is 11.9 Å². The molecule has 2 aromatic heterocycles. The molecule has 0 amide bonds. The monoisotopic (exact) mass is 417 g/mol. The molecule has 5 rings (SSSR count). The van der Waals surface area contributed by atoms with Gasteiger partial charge in [0.2, 0.25) is 0 Å². The lowest BCUT2D eigenvalue weighted by Gasteiger charge is -2.26. The summed E-state index contributed by atoms with van der Waals surface area (Å²) in [5.41, 5.74) is 2.05. The van der Waals surface area contributed by atoms with E-state index in [1.165, 1.54) is 11.8 Å². The van der Waals surface area contributed by atoms with Gasteiger partial charge in [-0.05, 0) is 43.0 Å². The Morgan fingerprint density at radius 3 is 2.90 bits per heavy atom. The van der Waals surface area contributed by atoms with Crippen molar-refractivity contribution in [1.82, 2.24) is 24.7 Å². The highest BCUT2D eigenvalue weighted by Crippen LogP contribution is 2.37. The first-order valence-corrected chi connectivity index (χ1v) is 10.4. The fourth-order valence-corrected chi connectivity index (χ4v) is 4.28. The highest BCUT2D eigenvalue weighted by atomic mass is 32.2. The second-order valence-electron chi connectivity index (χ2n) is 6.91. The molecular weight excluding hydrogens is 398 g/mol. The molecule has 30 heavy (non-hydrogen) atoms. The van der Waals surface area contributed by atoms with Crippen LogP contribution >= 0.6 is 11.8 Å². The molecule has 3 heterocycles. The standard InChI is InChI=1S/C22H19N5O2S/c1-3-10-27-20(19-12-28-17-6-4-5-7-18(17)29-19)25-26-22(27)30-21-15-11-14(2)8-9-16(15)23-13-24-21/h3-9,11,13,19H,1,10,12H2,2H3. The molecule has 1 aliphatic heterocycles. The third-order valence-corrected chi connectivity index (χ3v) is 5.80. The van der Waals surface area contributed by atoms with Crippen LogP contribution in [0.5, 0.6) is 11.5 Å². The van der Waals surface area contributed by atoms with Crippen LogP contribution in [0.15, 0.2) is 71.6 Å². The summed E-state index contributed by atoms with van der Waals surface area (Å²) in [6, 6.07) is 13.8. The molecular formula is C22H19N5O2S. The topological polar surface area (TPSA) is 75.0 Å². The van der Waals surface area contributed by atoms with Gasteiger partial charge in [-0.3, -0.25) is 4.57 Å². The first-order chi connectivity index (χ1) is 14.7. The van der Waals surface area contributed by atoms with Gasteiger partial charge >= 0.3 is 0 Å². The van der Waals surface area contributed by atoms with Crippen molar-refractivity contribution in [3.05, 3.63) is 72.8 Å². The van der Waals surface area contributed by atoms with Gasteiger partial charge in [-0.25, -0.2) is 9.97 Å². The zero-order chi connectivity index (χ0) is 20.5. The summed E-state index contributed by atoms with van der Waals surface area (Å²) in [7, 11) is 0. The molecule has 0 saturated heterocycles. The van der Waals surface area contributed by atoms with E-state index in [4.69, 9.17) is 9.47 Å². The summed E-state index contributed by atoms with van der Waals surface area (Å²) in [4.78, 5) is 8.85. The van der Waals surface area contributed by atoms with Crippen LogP contribution in [0, 0.1) is 6.92 Å². The van der Waals surface area contributed by atoms with Crippen LogP contribution in [0.2, 0.25) is 0 Å². The van der Waals surface area contributed by atoms with E-state index in [-0.39, 0.29) is 6.10 Å². The predicted molar refractivity (Wildman–Crippen MR) is 114 cm³/mol. The lowest BCUT2D eigenvalue weighted by atomic mass is 10.2. The molecule has 2 aromatic carbocycles. The summed E-state index contributed by atoms with van der Waals surface area (Å²) >= 11 is 1.46. The summed E-state index contributed by atoms with van der Waals surface area (Å²) < 4.78 is 14.0. The highest BCUT2D eigenvalue weighted by Gasteiger charge is 2.28. The summed E-state index contributed by atoms with van der Waals surface area (Å²) in [6.07, 6.45) is 3.03. The van der Waals surface area contributed by atoms with Gasteiger partial charge < -0.3 is 9.47 Å². The maximum absolute atomic E-state index is 6.14. The normalized spacial score (nSPS) is 15.3. The molecule has 0 spiro atoms. The van der Waals surface area contributed by atoms with Crippen molar-refractivity contribution in [3.63, 3.8) is 0 Å². The van der Waals surface area contributed by atoms with Crippen LogP contribution in [0.3, 0.4) is 0 Å². The van der Waals surface area contributed by atoms with Crippen molar-refractivity contribution in [2.75, 3.05) is 6.61 Å². The van der Waals surface area contributed by atoms with Crippen LogP contribution in [-0.4, -0.2) is 31.3 Å². The Labute approximate surface area is 177 Å². The number of para-hydroxylation sites is 2. The van der Waals surface area contributed by atoms with Crippen molar-refractivity contribution < 1.29 is 9.47 Å². The lowest BCUT2D eigenvalue weighted by Crippen LogP contribution is -2.25. The minimum Gasteiger partial charge on any atom is -0.485 e. The quantitative estimate of drug-likeness (QED) is 0.352. The number of nitrogens with zero attached hydrogens (tertiary/aromatic N) is 5. The van der Waals surface area contributed by atoms with E-state index in [0.717, 1.165) is 27.2 Å². The average molecular weight is 417 g/mol. The van der Waals surface area contributed by atoms with E-state index in [1.807, 2.05) is 47.0 Å². The van der Waals surface area contributed by atoms with Gasteiger partial charge in [0.15, 0.2) is 28.6 Å². The van der Waals surface area contributed by atoms with E-state index >= 15 is 0 Å². The summed E-state index contributed by atoms with van der Waals surface area (Å²) in [6.45, 7) is 6.85. The molecule has 7 nitrogen and oxygen atoms in total. The fourth-order valence-electron chi connectivity index (χ4n) is 3.38. The molecule has 0 radical (unpaired) electrons. The Hall–Kier alpha value is -3.39. The van der Waals surface area contributed by atoms with Crippen LogP contribution < -0.4 is 9.47 Å². The molecule has 0 bridgehead atoms. The van der Waals surface area contributed by atoms with E-state index in [1.54, 1.807) is 6.33 Å². The molecule has 0 aliphatic carbocycles. The molecule has 1 aliphatic rings. The third kappa shape index (κ3) is 3.39. The van der Waals surface area contributed by atoms with Gasteiger partial charge in [-0.2, -0.15) is 0 Å². The van der Waals surface area contributed by atoms with Crippen molar-refractivity contribution in [1.29, 1.82) is 0 Å². The van der Waals surface area contributed by atoms with Gasteiger partial charge in [-0.15, -0.1) is 16.8 Å². The maximum atomic E-state index is 6.14. The first kappa shape index (κ1) is 18.6. The van der Waals surface area contributed by atoms with Crippen molar-refractivity contribution in [2.24, 2.45) is 0 Å². The van der Waals surface area contributed by atoms with Crippen molar-refractivity contribution >= 4 is 22.7 Å². The van der Waals surface area contributed by atoms with Crippen molar-refractivity contribution in [2.45, 2.75) is 29.8 Å². The Kier molecular flexibility index (Phi) is 4.84. The zero-order valence-corrected chi connectivity index (χ0v) is 17.2. The summed E-state index contributed by atoms with van der Waals surface area (Å²) in [5.74, 6) is 2.13. The van der Waals surface area contributed by atoms with Crippen LogP contribution in [0.4, 0.5) is 0 Å². The Balaban J connectivity index is 1.50. The second-order valence-corrected chi connectivity index (χ2v) is 7.86. The molecule has 0 fully saturated rings. The molecule has 1 unspecified atom stereocenters. The van der Waals surface area contributed by atoms with E-state index in [2.05, 4.69) is 39.7 Å². The first-order valence-electron chi connectivity index (χ1n) is 9.54. The van der Waals surface area contributed by atoms with Crippen LogP contribution in [0.25, 0.3) is 10.9 Å².